The van der Waals surface area contributed by atoms with E-state index in [1.807, 2.05) is 6.07 Å². The van der Waals surface area contributed by atoms with Gasteiger partial charge in [0.1, 0.15) is 5.52 Å². The van der Waals surface area contributed by atoms with E-state index in [1.165, 1.54) is 19.2 Å². The number of likely N-dealkylation sites (tertiary alicyclic amines) is 1. The van der Waals surface area contributed by atoms with Crippen molar-refractivity contribution in [3.8, 4) is 5.75 Å². The van der Waals surface area contributed by atoms with Crippen LogP contribution in [0.4, 0.5) is 4.39 Å². The van der Waals surface area contributed by atoms with Gasteiger partial charge in [0.15, 0.2) is 23.0 Å². The van der Waals surface area contributed by atoms with Crippen LogP contribution in [0.1, 0.15) is 35.0 Å². The Labute approximate surface area is 160 Å². The van der Waals surface area contributed by atoms with Crippen molar-refractivity contribution in [3.05, 3.63) is 58.7 Å². The Morgan fingerprint density at radius 3 is 2.74 bits per heavy atom. The van der Waals surface area contributed by atoms with Gasteiger partial charge in [0, 0.05) is 29.6 Å². The van der Waals surface area contributed by atoms with Gasteiger partial charge in [-0.15, -0.1) is 0 Å². The summed E-state index contributed by atoms with van der Waals surface area (Å²) in [6.07, 6.45) is 1.48. The van der Waals surface area contributed by atoms with Crippen molar-refractivity contribution in [1.82, 2.24) is 9.88 Å². The SMILES string of the molecule is COc1ccc(C(=O)N2CCC(c3nc4cc(Cl)ccc4o3)CC2)cc1F. The summed E-state index contributed by atoms with van der Waals surface area (Å²) in [7, 11) is 1.39. The molecular weight excluding hydrogens is 371 g/mol. The van der Waals surface area contributed by atoms with Gasteiger partial charge in [-0.3, -0.25) is 4.79 Å². The molecular formula is C20H18ClFN2O3. The molecule has 0 aliphatic carbocycles. The third-order valence-electron chi connectivity index (χ3n) is 4.90. The number of amides is 1. The van der Waals surface area contributed by atoms with Gasteiger partial charge >= 0.3 is 0 Å². The Morgan fingerprint density at radius 1 is 1.26 bits per heavy atom. The van der Waals surface area contributed by atoms with E-state index < -0.39 is 5.82 Å². The van der Waals surface area contributed by atoms with Crippen molar-refractivity contribution in [2.75, 3.05) is 20.2 Å². The second kappa shape index (κ2) is 7.19. The minimum absolute atomic E-state index is 0.126. The number of benzene rings is 2. The topological polar surface area (TPSA) is 55.6 Å². The molecule has 2 heterocycles. The number of carbonyl (C=O) groups is 1. The lowest BCUT2D eigenvalue weighted by atomic mass is 9.96. The van der Waals surface area contributed by atoms with Gasteiger partial charge in [0.25, 0.3) is 5.91 Å². The first-order valence-electron chi connectivity index (χ1n) is 8.74. The summed E-state index contributed by atoms with van der Waals surface area (Å²) in [5.74, 6) is 0.228. The van der Waals surface area contributed by atoms with Crippen molar-refractivity contribution in [2.45, 2.75) is 18.8 Å². The van der Waals surface area contributed by atoms with E-state index in [-0.39, 0.29) is 17.6 Å². The van der Waals surface area contributed by atoms with Crippen LogP contribution >= 0.6 is 11.6 Å². The lowest BCUT2D eigenvalue weighted by Crippen LogP contribution is -2.38. The number of hydrogen-bond donors (Lipinski definition) is 0. The molecule has 2 aromatic carbocycles. The van der Waals surface area contributed by atoms with Gasteiger partial charge in [-0.05, 0) is 49.2 Å². The largest absolute Gasteiger partial charge is 0.494 e. The van der Waals surface area contributed by atoms with Crippen LogP contribution in [-0.4, -0.2) is 36.0 Å². The smallest absolute Gasteiger partial charge is 0.253 e. The number of fused-ring (bicyclic) bond motifs is 1. The molecule has 1 amide bonds. The zero-order valence-electron chi connectivity index (χ0n) is 14.7. The van der Waals surface area contributed by atoms with Crippen LogP contribution in [0.2, 0.25) is 5.02 Å². The van der Waals surface area contributed by atoms with Crippen LogP contribution in [0.3, 0.4) is 0 Å². The summed E-state index contributed by atoms with van der Waals surface area (Å²) in [5, 5.41) is 0.620. The molecule has 1 saturated heterocycles. The monoisotopic (exact) mass is 388 g/mol. The highest BCUT2D eigenvalue weighted by molar-refractivity contribution is 6.31. The van der Waals surface area contributed by atoms with Crippen LogP contribution in [0.25, 0.3) is 11.1 Å². The normalized spacial score (nSPS) is 15.3. The molecule has 0 unspecified atom stereocenters. The van der Waals surface area contributed by atoms with E-state index in [1.54, 1.807) is 23.1 Å². The van der Waals surface area contributed by atoms with Gasteiger partial charge in [-0.2, -0.15) is 0 Å². The molecule has 1 aliphatic heterocycles. The Morgan fingerprint density at radius 2 is 2.04 bits per heavy atom. The first-order chi connectivity index (χ1) is 13.0. The molecule has 5 nitrogen and oxygen atoms in total. The Hall–Kier alpha value is -2.60. The number of hydrogen-bond acceptors (Lipinski definition) is 4. The fourth-order valence-corrected chi connectivity index (χ4v) is 3.57. The Bertz CT molecular complexity index is 996. The number of oxazole rings is 1. The van der Waals surface area contributed by atoms with Crippen LogP contribution < -0.4 is 4.74 Å². The number of rotatable bonds is 3. The predicted molar refractivity (Wildman–Crippen MR) is 99.8 cm³/mol. The number of ether oxygens (including phenoxy) is 1. The van der Waals surface area contributed by atoms with Crippen LogP contribution in [0.15, 0.2) is 40.8 Å². The second-order valence-corrected chi connectivity index (χ2v) is 7.02. The van der Waals surface area contributed by atoms with Crippen molar-refractivity contribution < 1.29 is 18.3 Å². The third-order valence-corrected chi connectivity index (χ3v) is 5.13. The maximum atomic E-state index is 13.9. The third kappa shape index (κ3) is 3.49. The first kappa shape index (κ1) is 17.8. The minimum Gasteiger partial charge on any atom is -0.494 e. The van der Waals surface area contributed by atoms with Crippen molar-refractivity contribution >= 4 is 28.6 Å². The maximum Gasteiger partial charge on any atom is 0.253 e. The van der Waals surface area contributed by atoms with Gasteiger partial charge in [-0.1, -0.05) is 11.6 Å². The van der Waals surface area contributed by atoms with Crippen LogP contribution in [0.5, 0.6) is 5.75 Å². The van der Waals surface area contributed by atoms with Crippen LogP contribution in [0, 0.1) is 5.82 Å². The van der Waals surface area contributed by atoms with Gasteiger partial charge in [0.2, 0.25) is 0 Å². The molecule has 0 radical (unpaired) electrons. The molecule has 0 spiro atoms. The number of halogens is 2. The highest BCUT2D eigenvalue weighted by Crippen LogP contribution is 2.31. The van der Waals surface area contributed by atoms with Crippen LogP contribution in [-0.2, 0) is 0 Å². The molecule has 0 atom stereocenters. The average Bonchev–Trinajstić information content (AvgIpc) is 3.10. The molecule has 1 aromatic heterocycles. The second-order valence-electron chi connectivity index (χ2n) is 6.58. The maximum absolute atomic E-state index is 13.9. The molecule has 27 heavy (non-hydrogen) atoms. The summed E-state index contributed by atoms with van der Waals surface area (Å²) in [4.78, 5) is 18.9. The number of carbonyl (C=O) groups excluding carboxylic acids is 1. The number of methoxy groups -OCH3 is 1. The summed E-state index contributed by atoms with van der Waals surface area (Å²) >= 11 is 6.00. The number of piperidine rings is 1. The van der Waals surface area contributed by atoms with Gasteiger partial charge in [-0.25, -0.2) is 9.37 Å². The molecule has 140 valence electrons. The molecule has 0 bridgehead atoms. The highest BCUT2D eigenvalue weighted by Gasteiger charge is 2.28. The Balaban J connectivity index is 1.44. The summed E-state index contributed by atoms with van der Waals surface area (Å²) in [6, 6.07) is 9.64. The molecule has 0 saturated carbocycles. The summed E-state index contributed by atoms with van der Waals surface area (Å²) < 4.78 is 24.6. The first-order valence-corrected chi connectivity index (χ1v) is 9.12. The van der Waals surface area contributed by atoms with E-state index in [4.69, 9.17) is 20.8 Å². The van der Waals surface area contributed by atoms with Gasteiger partial charge < -0.3 is 14.1 Å². The minimum atomic E-state index is -0.539. The van der Waals surface area contributed by atoms with E-state index in [0.29, 0.717) is 35.1 Å². The molecule has 1 fully saturated rings. The van der Waals surface area contributed by atoms with E-state index in [9.17, 15) is 9.18 Å². The molecule has 3 aromatic rings. The molecule has 4 rings (SSSR count). The van der Waals surface area contributed by atoms with Gasteiger partial charge in [0.05, 0.1) is 7.11 Å². The zero-order valence-corrected chi connectivity index (χ0v) is 15.5. The number of aromatic nitrogens is 1. The quantitative estimate of drug-likeness (QED) is 0.655. The van der Waals surface area contributed by atoms with E-state index in [2.05, 4.69) is 4.98 Å². The van der Waals surface area contributed by atoms with E-state index in [0.717, 1.165) is 18.4 Å². The van der Waals surface area contributed by atoms with Crippen molar-refractivity contribution in [1.29, 1.82) is 0 Å². The number of nitrogens with zero attached hydrogens (tertiary/aromatic N) is 2. The molecule has 1 aliphatic rings. The summed E-state index contributed by atoms with van der Waals surface area (Å²) in [6.45, 7) is 1.13. The summed E-state index contributed by atoms with van der Waals surface area (Å²) in [5.41, 5.74) is 1.77. The predicted octanol–water partition coefficient (Wildman–Crippen LogP) is 4.65. The van der Waals surface area contributed by atoms with Crippen molar-refractivity contribution in [2.24, 2.45) is 0 Å². The Kier molecular flexibility index (Phi) is 4.74. The highest BCUT2D eigenvalue weighted by atomic mass is 35.5. The zero-order chi connectivity index (χ0) is 19.0. The average molecular weight is 389 g/mol. The lowest BCUT2D eigenvalue weighted by Gasteiger charge is -2.30. The standard InChI is InChI=1S/C20H18ClFN2O3/c1-26-17-4-2-13(10-15(17)22)20(25)24-8-6-12(7-9-24)19-23-16-11-14(21)3-5-18(16)27-19/h2-5,10-12H,6-9H2,1H3. The fraction of sp³-hybridized carbons (Fsp3) is 0.300. The lowest BCUT2D eigenvalue weighted by molar-refractivity contribution is 0.0706. The fourth-order valence-electron chi connectivity index (χ4n) is 3.40. The molecule has 0 N–H and O–H groups in total. The van der Waals surface area contributed by atoms with E-state index >= 15 is 0 Å². The molecule has 7 heteroatoms. The van der Waals surface area contributed by atoms with Crippen molar-refractivity contribution in [3.63, 3.8) is 0 Å².